The van der Waals surface area contributed by atoms with Crippen LogP contribution in [0.1, 0.15) is 79.6 Å². The highest BCUT2D eigenvalue weighted by molar-refractivity contribution is 6.71. The predicted molar refractivity (Wildman–Crippen MR) is 123 cm³/mol. The van der Waals surface area contributed by atoms with E-state index in [9.17, 15) is 14.7 Å². The smallest absolute Gasteiger partial charge is 0.242 e. The molecule has 3 atom stereocenters. The fourth-order valence-electron chi connectivity index (χ4n) is 3.47. The molecule has 0 aliphatic rings. The van der Waals surface area contributed by atoms with Gasteiger partial charge in [-0.05, 0) is 50.7 Å². The van der Waals surface area contributed by atoms with Crippen LogP contribution in [-0.4, -0.2) is 31.2 Å². The van der Waals surface area contributed by atoms with Crippen LogP contribution < -0.4 is 5.48 Å². The Hall–Kier alpha value is -0.983. The molecule has 0 fully saturated rings. The Morgan fingerprint density at radius 1 is 1.24 bits per heavy atom. The SMILES string of the molecule is C=CCCCC(C)C(O)C(C)C(=O)C(C)(C)CCC(=O)NO[Si](C)(C)CCCC. The van der Waals surface area contributed by atoms with Crippen LogP contribution in [0.4, 0.5) is 0 Å². The number of nitrogens with one attached hydrogen (secondary N) is 1. The quantitative estimate of drug-likeness (QED) is 0.150. The summed E-state index contributed by atoms with van der Waals surface area (Å²) in [6.45, 7) is 17.5. The van der Waals surface area contributed by atoms with Crippen molar-refractivity contribution in [3.05, 3.63) is 12.7 Å². The lowest BCUT2D eigenvalue weighted by Gasteiger charge is -2.31. The average Bonchev–Trinajstić information content (AvgIpc) is 2.67. The number of Topliss-reactive ketones (excluding diaryl/α,β-unsaturated/α-hetero) is 1. The number of allylic oxidation sites excluding steroid dienone is 1. The molecular weight excluding hydrogens is 382 g/mol. The molecule has 0 radical (unpaired) electrons. The molecule has 0 aromatic rings. The van der Waals surface area contributed by atoms with Crippen molar-refractivity contribution in [1.82, 2.24) is 5.48 Å². The lowest BCUT2D eigenvalue weighted by molar-refractivity contribution is -0.136. The summed E-state index contributed by atoms with van der Waals surface area (Å²) >= 11 is 0. The summed E-state index contributed by atoms with van der Waals surface area (Å²) in [5.74, 6) is -0.582. The van der Waals surface area contributed by atoms with Gasteiger partial charge in [-0.3, -0.25) is 9.59 Å². The van der Waals surface area contributed by atoms with Crippen molar-refractivity contribution in [3.8, 4) is 0 Å². The fraction of sp³-hybridized carbons (Fsp3) is 0.826. The summed E-state index contributed by atoms with van der Waals surface area (Å²) in [4.78, 5) is 25.2. The first-order chi connectivity index (χ1) is 13.4. The maximum absolute atomic E-state index is 13.0. The van der Waals surface area contributed by atoms with Crippen LogP contribution in [0.15, 0.2) is 12.7 Å². The molecule has 0 aromatic heterocycles. The number of aliphatic hydroxyl groups is 1. The van der Waals surface area contributed by atoms with E-state index in [1.165, 1.54) is 0 Å². The molecule has 0 bridgehead atoms. The first-order valence-electron chi connectivity index (χ1n) is 11.2. The van der Waals surface area contributed by atoms with Crippen molar-refractivity contribution < 1.29 is 19.2 Å². The molecule has 0 aliphatic heterocycles. The summed E-state index contributed by atoms with van der Waals surface area (Å²) in [6, 6.07) is 1.01. The Morgan fingerprint density at radius 2 is 1.86 bits per heavy atom. The normalized spacial score (nSPS) is 15.4. The number of aliphatic hydroxyl groups excluding tert-OH is 1. The molecule has 170 valence electrons. The maximum Gasteiger partial charge on any atom is 0.242 e. The van der Waals surface area contributed by atoms with E-state index in [4.69, 9.17) is 4.53 Å². The number of ketones is 1. The van der Waals surface area contributed by atoms with E-state index in [1.54, 1.807) is 6.92 Å². The van der Waals surface area contributed by atoms with Gasteiger partial charge in [0.2, 0.25) is 14.2 Å². The second-order valence-corrected chi connectivity index (χ2v) is 13.9. The molecule has 0 aliphatic carbocycles. The van der Waals surface area contributed by atoms with Crippen molar-refractivity contribution >= 4 is 20.0 Å². The summed E-state index contributed by atoms with van der Waals surface area (Å²) in [5, 5.41) is 10.6. The van der Waals surface area contributed by atoms with Crippen LogP contribution in [0.3, 0.4) is 0 Å². The minimum absolute atomic E-state index is 0.00643. The number of carbonyl (C=O) groups excluding carboxylic acids is 2. The van der Waals surface area contributed by atoms with E-state index in [-0.39, 0.29) is 24.0 Å². The summed E-state index contributed by atoms with van der Waals surface area (Å²) in [7, 11) is -1.88. The number of rotatable bonds is 16. The lowest BCUT2D eigenvalue weighted by Crippen LogP contribution is -2.41. The number of hydrogen-bond acceptors (Lipinski definition) is 4. The third kappa shape index (κ3) is 11.1. The average molecular weight is 428 g/mol. The van der Waals surface area contributed by atoms with E-state index in [2.05, 4.69) is 32.1 Å². The third-order valence-electron chi connectivity index (χ3n) is 5.79. The van der Waals surface area contributed by atoms with Gasteiger partial charge in [0.15, 0.2) is 0 Å². The van der Waals surface area contributed by atoms with Crippen LogP contribution in [0, 0.1) is 17.3 Å². The van der Waals surface area contributed by atoms with E-state index < -0.39 is 25.8 Å². The molecule has 1 amide bonds. The summed E-state index contributed by atoms with van der Waals surface area (Å²) in [5.41, 5.74) is 1.92. The number of hydrogen-bond donors (Lipinski definition) is 2. The van der Waals surface area contributed by atoms with Gasteiger partial charge in [0, 0.05) is 17.8 Å². The van der Waals surface area contributed by atoms with Crippen LogP contribution in [0.25, 0.3) is 0 Å². The third-order valence-corrected chi connectivity index (χ3v) is 8.01. The molecule has 0 heterocycles. The first kappa shape index (κ1) is 28.0. The summed E-state index contributed by atoms with van der Waals surface area (Å²) in [6.07, 6.45) is 6.82. The van der Waals surface area contributed by atoms with Crippen molar-refractivity contribution in [2.24, 2.45) is 17.3 Å². The zero-order valence-electron chi connectivity index (χ0n) is 19.8. The van der Waals surface area contributed by atoms with Crippen LogP contribution in [0.2, 0.25) is 19.1 Å². The predicted octanol–water partition coefficient (Wildman–Crippen LogP) is 5.40. The highest BCUT2D eigenvalue weighted by Gasteiger charge is 2.36. The van der Waals surface area contributed by atoms with E-state index in [0.717, 1.165) is 38.1 Å². The van der Waals surface area contributed by atoms with Crippen molar-refractivity contribution in [1.29, 1.82) is 0 Å². The molecule has 0 saturated heterocycles. The largest absolute Gasteiger partial charge is 0.392 e. The number of amides is 1. The van der Waals surface area contributed by atoms with Gasteiger partial charge in [-0.2, -0.15) is 0 Å². The molecule has 6 heteroatoms. The van der Waals surface area contributed by atoms with Crippen LogP contribution >= 0.6 is 0 Å². The van der Waals surface area contributed by atoms with E-state index in [0.29, 0.717) is 6.42 Å². The number of carbonyl (C=O) groups is 2. The minimum atomic E-state index is -1.88. The Kier molecular flexibility index (Phi) is 12.9. The van der Waals surface area contributed by atoms with Gasteiger partial charge < -0.3 is 9.63 Å². The molecule has 0 spiro atoms. The van der Waals surface area contributed by atoms with Gasteiger partial charge in [-0.1, -0.05) is 53.5 Å². The molecule has 3 unspecified atom stereocenters. The Balaban J connectivity index is 4.57. The van der Waals surface area contributed by atoms with Gasteiger partial charge in [-0.25, -0.2) is 5.48 Å². The summed E-state index contributed by atoms with van der Waals surface area (Å²) < 4.78 is 5.69. The van der Waals surface area contributed by atoms with E-state index in [1.807, 2.05) is 26.8 Å². The standard InChI is InChI=1S/C23H45NO4Si/c1-9-11-13-14-18(3)21(26)19(4)22(27)23(5,6)16-15-20(25)24-28-29(7,8)17-12-10-2/h9,18-19,21,26H,1,10-17H2,2-8H3,(H,24,25). The molecular formula is C23H45NO4Si. The molecule has 0 aromatic carbocycles. The van der Waals surface area contributed by atoms with Crippen LogP contribution in [0.5, 0.6) is 0 Å². The Morgan fingerprint density at radius 3 is 2.41 bits per heavy atom. The van der Waals surface area contributed by atoms with Crippen LogP contribution in [-0.2, 0) is 14.1 Å². The van der Waals surface area contributed by atoms with E-state index >= 15 is 0 Å². The van der Waals surface area contributed by atoms with Crippen molar-refractivity contribution in [2.45, 2.75) is 105 Å². The van der Waals surface area contributed by atoms with Crippen molar-refractivity contribution in [2.75, 3.05) is 0 Å². The second kappa shape index (κ2) is 13.3. The monoisotopic (exact) mass is 427 g/mol. The highest BCUT2D eigenvalue weighted by atomic mass is 28.4. The van der Waals surface area contributed by atoms with Crippen molar-refractivity contribution in [3.63, 3.8) is 0 Å². The van der Waals surface area contributed by atoms with Gasteiger partial charge in [-0.15, -0.1) is 6.58 Å². The highest BCUT2D eigenvalue weighted by Crippen LogP contribution is 2.31. The second-order valence-electron chi connectivity index (χ2n) is 9.71. The van der Waals surface area contributed by atoms with Gasteiger partial charge in [0.05, 0.1) is 6.10 Å². The molecule has 29 heavy (non-hydrogen) atoms. The topological polar surface area (TPSA) is 75.6 Å². The van der Waals surface area contributed by atoms with Gasteiger partial charge >= 0.3 is 0 Å². The molecule has 0 saturated carbocycles. The number of unbranched alkanes of at least 4 members (excludes halogenated alkanes) is 2. The molecule has 2 N–H and O–H groups in total. The zero-order chi connectivity index (χ0) is 22.7. The zero-order valence-corrected chi connectivity index (χ0v) is 20.8. The van der Waals surface area contributed by atoms with Gasteiger partial charge in [0.1, 0.15) is 5.78 Å². The molecule has 5 nitrogen and oxygen atoms in total. The lowest BCUT2D eigenvalue weighted by atomic mass is 9.74. The Bertz CT molecular complexity index is 519. The fourth-order valence-corrected chi connectivity index (χ4v) is 5.17. The first-order valence-corrected chi connectivity index (χ1v) is 14.3. The Labute approximate surface area is 179 Å². The minimum Gasteiger partial charge on any atom is -0.392 e. The van der Waals surface area contributed by atoms with Gasteiger partial charge in [0.25, 0.3) is 0 Å². The molecule has 0 rings (SSSR count). The number of hydroxylamine groups is 1. The maximum atomic E-state index is 13.0.